The highest BCUT2D eigenvalue weighted by Crippen LogP contribution is 2.28. The van der Waals surface area contributed by atoms with Crippen molar-refractivity contribution in [1.29, 1.82) is 0 Å². The first-order valence-electron chi connectivity index (χ1n) is 10.4. The first-order valence-corrected chi connectivity index (χ1v) is 10.4. The average molecular weight is 454 g/mol. The molecule has 0 saturated carbocycles. The Kier molecular flexibility index (Phi) is 6.14. The number of fused-ring (bicyclic) bond motifs is 1. The van der Waals surface area contributed by atoms with E-state index < -0.39 is 24.0 Å². The van der Waals surface area contributed by atoms with Crippen molar-refractivity contribution in [2.24, 2.45) is 0 Å². The molecule has 1 aliphatic rings. The number of Topliss-reactive ketones (excluding diaryl/α,β-unsaturated/α-hetero) is 1. The topological polar surface area (TPSA) is 130 Å². The third-order valence-corrected chi connectivity index (χ3v) is 5.71. The van der Waals surface area contributed by atoms with Crippen molar-refractivity contribution in [3.05, 3.63) is 42.1 Å². The molecule has 0 spiro atoms. The number of benzene rings is 1. The van der Waals surface area contributed by atoms with E-state index in [1.165, 1.54) is 22.0 Å². The molecule has 4 rings (SSSR count). The number of rotatable bonds is 6. The van der Waals surface area contributed by atoms with Crippen molar-refractivity contribution in [3.63, 3.8) is 0 Å². The molecule has 2 aromatic heterocycles. The second-order valence-electron chi connectivity index (χ2n) is 8.09. The Balaban J connectivity index is 1.65. The summed E-state index contributed by atoms with van der Waals surface area (Å²) < 4.78 is 15.4. The summed E-state index contributed by atoms with van der Waals surface area (Å²) in [5.41, 5.74) is 3.88. The Hall–Kier alpha value is -3.73. The number of hydroxylamine groups is 1. The fourth-order valence-corrected chi connectivity index (χ4v) is 4.12. The van der Waals surface area contributed by atoms with Gasteiger partial charge in [0, 0.05) is 49.2 Å². The summed E-state index contributed by atoms with van der Waals surface area (Å²) in [7, 11) is 0. The summed E-state index contributed by atoms with van der Waals surface area (Å²) in [4.78, 5) is 46.5. The molecule has 10 nitrogen and oxygen atoms in total. The maximum absolute atomic E-state index is 14.0. The van der Waals surface area contributed by atoms with E-state index in [1.54, 1.807) is 31.5 Å². The van der Waals surface area contributed by atoms with Crippen molar-refractivity contribution in [3.8, 4) is 11.1 Å². The molecule has 1 aliphatic heterocycles. The van der Waals surface area contributed by atoms with Crippen LogP contribution in [0.1, 0.15) is 36.1 Å². The van der Waals surface area contributed by atoms with Gasteiger partial charge in [0.05, 0.1) is 12.1 Å². The first-order chi connectivity index (χ1) is 15.8. The van der Waals surface area contributed by atoms with Gasteiger partial charge < -0.3 is 4.90 Å². The number of hydrogen-bond donors (Lipinski definition) is 2. The van der Waals surface area contributed by atoms with Crippen LogP contribution >= 0.6 is 0 Å². The maximum Gasteiger partial charge on any atom is 0.245 e. The third kappa shape index (κ3) is 4.58. The summed E-state index contributed by atoms with van der Waals surface area (Å²) >= 11 is 0. The van der Waals surface area contributed by atoms with Crippen molar-refractivity contribution >= 4 is 28.5 Å². The van der Waals surface area contributed by atoms with Gasteiger partial charge in [-0.15, -0.1) is 0 Å². The highest BCUT2D eigenvalue weighted by atomic mass is 19.1. The van der Waals surface area contributed by atoms with Crippen LogP contribution in [0, 0.1) is 6.92 Å². The summed E-state index contributed by atoms with van der Waals surface area (Å²) in [5, 5.41) is 13.7. The smallest absolute Gasteiger partial charge is 0.245 e. The number of carbonyl (C=O) groups is 3. The Morgan fingerprint density at radius 2 is 1.94 bits per heavy atom. The Morgan fingerprint density at radius 1 is 1.21 bits per heavy atom. The van der Waals surface area contributed by atoms with E-state index in [0.29, 0.717) is 16.7 Å². The van der Waals surface area contributed by atoms with E-state index in [0.717, 1.165) is 11.1 Å². The number of alkyl halides is 1. The Bertz CT molecular complexity index is 1230. The van der Waals surface area contributed by atoms with Crippen molar-refractivity contribution in [1.82, 2.24) is 30.1 Å². The molecule has 11 heteroatoms. The monoisotopic (exact) mass is 454 g/mol. The van der Waals surface area contributed by atoms with E-state index in [9.17, 15) is 18.8 Å². The molecule has 2 N–H and O–H groups in total. The number of carbonyl (C=O) groups excluding carboxylic acids is 3. The van der Waals surface area contributed by atoms with E-state index in [4.69, 9.17) is 5.21 Å². The van der Waals surface area contributed by atoms with Crippen LogP contribution in [0.2, 0.25) is 0 Å². The van der Waals surface area contributed by atoms with Gasteiger partial charge >= 0.3 is 0 Å². The molecule has 33 heavy (non-hydrogen) atoms. The lowest BCUT2D eigenvalue weighted by atomic mass is 10.0. The molecule has 0 radical (unpaired) electrons. The van der Waals surface area contributed by atoms with Gasteiger partial charge in [-0.05, 0) is 24.6 Å². The van der Waals surface area contributed by atoms with Crippen LogP contribution in [-0.2, 0) is 16.1 Å². The van der Waals surface area contributed by atoms with Crippen molar-refractivity contribution in [2.45, 2.75) is 45.4 Å². The maximum atomic E-state index is 14.0. The molecule has 1 saturated heterocycles. The number of nitrogens with zero attached hydrogens (tertiary/aromatic N) is 5. The summed E-state index contributed by atoms with van der Waals surface area (Å²) in [6, 6.07) is 4.72. The van der Waals surface area contributed by atoms with Crippen LogP contribution in [0.5, 0.6) is 0 Å². The van der Waals surface area contributed by atoms with Crippen LogP contribution < -0.4 is 5.48 Å². The van der Waals surface area contributed by atoms with Gasteiger partial charge in [0.15, 0.2) is 5.78 Å². The summed E-state index contributed by atoms with van der Waals surface area (Å²) in [6.45, 7) is 2.82. The zero-order valence-corrected chi connectivity index (χ0v) is 18.2. The van der Waals surface area contributed by atoms with Crippen LogP contribution in [0.4, 0.5) is 4.39 Å². The molecule has 3 heterocycles. The number of likely N-dealkylation sites (tertiary alicyclic amines) is 1. The number of hydrogen-bond acceptors (Lipinski definition) is 7. The molecule has 172 valence electrons. The molecule has 0 aliphatic carbocycles. The summed E-state index contributed by atoms with van der Waals surface area (Å²) in [5.74, 6) is -0.738. The lowest BCUT2D eigenvalue weighted by molar-refractivity contribution is -0.135. The Labute approximate surface area is 188 Å². The molecule has 0 unspecified atom stereocenters. The van der Waals surface area contributed by atoms with E-state index in [-0.39, 0.29) is 37.4 Å². The molecular formula is C22H23FN6O4. The van der Waals surface area contributed by atoms with Crippen LogP contribution in [0.15, 0.2) is 30.6 Å². The van der Waals surface area contributed by atoms with Crippen LogP contribution in [0.25, 0.3) is 22.0 Å². The van der Waals surface area contributed by atoms with Gasteiger partial charge in [-0.1, -0.05) is 6.07 Å². The lowest BCUT2D eigenvalue weighted by Gasteiger charge is -2.23. The van der Waals surface area contributed by atoms with Gasteiger partial charge in [-0.3, -0.25) is 24.3 Å². The second-order valence-corrected chi connectivity index (χ2v) is 8.09. The standard InChI is InChI=1S/C22H23FN6O4/c1-12(30)22-18-5-14(15-8-24-13(2)25-9-15)3-4-19(18)29(26-22)11-21(32)28-10-16(23)6-17(28)7-20(31)27-33/h3-5,8-9,16-17,33H,6-7,10-11H2,1-2H3,(H,27,31)/t16-,17+/m1/s1. The second kappa shape index (κ2) is 9.02. The first kappa shape index (κ1) is 22.5. The molecular weight excluding hydrogens is 431 g/mol. The van der Waals surface area contributed by atoms with Crippen LogP contribution in [-0.4, -0.2) is 66.2 Å². The molecule has 1 aromatic carbocycles. The SMILES string of the molecule is CC(=O)c1nn(CC(=O)N2C[C@H](F)C[C@H]2CC(=O)NO)c2ccc(-c3cnc(C)nc3)cc12. The van der Waals surface area contributed by atoms with Crippen molar-refractivity contribution < 1.29 is 24.0 Å². The molecule has 1 fully saturated rings. The quantitative estimate of drug-likeness (QED) is 0.330. The van der Waals surface area contributed by atoms with Gasteiger partial charge in [0.25, 0.3) is 0 Å². The van der Waals surface area contributed by atoms with Gasteiger partial charge in [-0.2, -0.15) is 5.10 Å². The van der Waals surface area contributed by atoms with Gasteiger partial charge in [0.2, 0.25) is 11.8 Å². The normalized spacial score (nSPS) is 18.0. The minimum atomic E-state index is -1.26. The number of ketones is 1. The Morgan fingerprint density at radius 3 is 2.61 bits per heavy atom. The zero-order chi connectivity index (χ0) is 23.7. The van der Waals surface area contributed by atoms with E-state index in [2.05, 4.69) is 15.1 Å². The predicted molar refractivity (Wildman–Crippen MR) is 115 cm³/mol. The minimum absolute atomic E-state index is 0.0136. The average Bonchev–Trinajstić information content (AvgIpc) is 3.34. The number of halogens is 1. The van der Waals surface area contributed by atoms with Gasteiger partial charge in [-0.25, -0.2) is 19.8 Å². The largest absolute Gasteiger partial charge is 0.335 e. The number of amides is 2. The predicted octanol–water partition coefficient (Wildman–Crippen LogP) is 1.84. The third-order valence-electron chi connectivity index (χ3n) is 5.71. The molecule has 3 aromatic rings. The van der Waals surface area contributed by atoms with Crippen molar-refractivity contribution in [2.75, 3.05) is 6.54 Å². The highest BCUT2D eigenvalue weighted by Gasteiger charge is 2.36. The number of aromatic nitrogens is 4. The fraction of sp³-hybridized carbons (Fsp3) is 0.364. The number of nitrogens with one attached hydrogen (secondary N) is 1. The lowest BCUT2D eigenvalue weighted by Crippen LogP contribution is -2.40. The van der Waals surface area contributed by atoms with Gasteiger partial charge in [0.1, 0.15) is 24.2 Å². The molecule has 2 amide bonds. The molecule has 0 bridgehead atoms. The van der Waals surface area contributed by atoms with E-state index >= 15 is 0 Å². The van der Waals surface area contributed by atoms with E-state index in [1.807, 2.05) is 6.07 Å². The molecule has 2 atom stereocenters. The van der Waals surface area contributed by atoms with Crippen LogP contribution in [0.3, 0.4) is 0 Å². The highest BCUT2D eigenvalue weighted by molar-refractivity contribution is 6.06. The zero-order valence-electron chi connectivity index (χ0n) is 18.2. The fourth-order valence-electron chi connectivity index (χ4n) is 4.12. The summed E-state index contributed by atoms with van der Waals surface area (Å²) in [6.07, 6.45) is 1.93. The number of aryl methyl sites for hydroxylation is 1. The minimum Gasteiger partial charge on any atom is -0.335 e.